The van der Waals surface area contributed by atoms with Gasteiger partial charge in [-0.3, -0.25) is 9.59 Å². The number of carbonyl (C=O) groups is 2. The van der Waals surface area contributed by atoms with Crippen molar-refractivity contribution in [3.63, 3.8) is 0 Å². The van der Waals surface area contributed by atoms with E-state index in [-0.39, 0.29) is 5.97 Å². The van der Waals surface area contributed by atoms with E-state index in [1.54, 1.807) is 0 Å². The lowest BCUT2D eigenvalue weighted by Crippen LogP contribution is -2.37. The van der Waals surface area contributed by atoms with E-state index in [4.69, 9.17) is 28.4 Å². The lowest BCUT2D eigenvalue weighted by molar-refractivity contribution is -0.870. The van der Waals surface area contributed by atoms with Crippen molar-refractivity contribution >= 4 is 20.5 Å². The Bertz CT molecular complexity index is 1350. The van der Waals surface area contributed by atoms with Crippen LogP contribution < -0.4 is 9.47 Å². The maximum Gasteiger partial charge on any atom is 0.330 e. The summed E-state index contributed by atoms with van der Waals surface area (Å²) in [7, 11) is 4.32. The van der Waals surface area contributed by atoms with Crippen molar-refractivity contribution in [1.82, 2.24) is 0 Å². The molecule has 11 heteroatoms. The highest BCUT2D eigenvalue weighted by Gasteiger charge is 2.14. The van der Waals surface area contributed by atoms with Crippen LogP contribution in [0.1, 0.15) is 201 Å². The maximum atomic E-state index is 12.0. The average Bonchev–Trinajstić information content (AvgIpc) is 3.32. The zero-order valence-electron chi connectivity index (χ0n) is 43.9. The second-order valence-electron chi connectivity index (χ2n) is 18.9. The van der Waals surface area contributed by atoms with E-state index in [1.807, 2.05) is 74.5 Å². The van der Waals surface area contributed by atoms with Crippen molar-refractivity contribution in [1.29, 1.82) is 0 Å². The molecule has 0 saturated carbocycles. The number of para-hydroxylation sites is 2. The number of aliphatic carboxylic acids is 1. The Labute approximate surface area is 412 Å². The van der Waals surface area contributed by atoms with Gasteiger partial charge < -0.3 is 37.7 Å². The Kier molecular flexibility index (Phi) is 45.0. The summed E-state index contributed by atoms with van der Waals surface area (Å²) < 4.78 is 28.7. The molecule has 0 aliphatic rings. The molecular weight excluding hydrogens is 862 g/mol. The summed E-state index contributed by atoms with van der Waals surface area (Å²) in [6, 6.07) is 20.1. The molecule has 0 aromatic heterocycles. The third kappa shape index (κ3) is 45.5. The van der Waals surface area contributed by atoms with Gasteiger partial charge in [-0.2, -0.15) is 0 Å². The van der Waals surface area contributed by atoms with Crippen LogP contribution in [0.3, 0.4) is 0 Å². The predicted molar refractivity (Wildman–Crippen MR) is 281 cm³/mol. The smallest absolute Gasteiger partial charge is 0.330 e. The number of likely N-dealkylation sites (N-methyl/N-ethyl adjacent to an activating group) is 1. The number of carbonyl (C=O) groups excluding carboxylic acids is 1. The maximum absolute atomic E-state index is 12.0. The molecular formula is C56H101NO9P+. The number of unbranched alkanes of at least 4 members (excludes halogenated alkanes) is 16. The van der Waals surface area contributed by atoms with Gasteiger partial charge >= 0.3 is 20.5 Å². The number of hydrogen-bond donors (Lipinski definition) is 2. The van der Waals surface area contributed by atoms with E-state index in [1.165, 1.54) is 103 Å². The van der Waals surface area contributed by atoms with Gasteiger partial charge in [0, 0.05) is 19.3 Å². The van der Waals surface area contributed by atoms with Crippen LogP contribution in [0.4, 0.5) is 0 Å². The quantitative estimate of drug-likeness (QED) is 0.0290. The summed E-state index contributed by atoms with van der Waals surface area (Å²) in [5.74, 6) is 2.18. The number of rotatable bonds is 43. The molecule has 0 aliphatic carbocycles. The van der Waals surface area contributed by atoms with Crippen molar-refractivity contribution in [3.05, 3.63) is 60.7 Å². The summed E-state index contributed by atoms with van der Waals surface area (Å²) in [4.78, 5) is 32.4. The Morgan fingerprint density at radius 2 is 0.910 bits per heavy atom. The molecule has 0 spiro atoms. The highest BCUT2D eigenvalue weighted by Crippen LogP contribution is 2.32. The zero-order chi connectivity index (χ0) is 49.5. The summed E-state index contributed by atoms with van der Waals surface area (Å²) >= 11 is 0. The van der Waals surface area contributed by atoms with Gasteiger partial charge in [0.15, 0.2) is 0 Å². The van der Waals surface area contributed by atoms with Gasteiger partial charge in [-0.1, -0.05) is 180 Å². The molecule has 3 unspecified atom stereocenters. The van der Waals surface area contributed by atoms with Crippen molar-refractivity contribution in [2.75, 3.05) is 60.7 Å². The molecule has 0 aliphatic heterocycles. The number of nitrogens with zero attached hydrogens (tertiary/aromatic N) is 1. The molecule has 2 rings (SSSR count). The van der Waals surface area contributed by atoms with E-state index in [0.29, 0.717) is 50.9 Å². The first-order valence-corrected chi connectivity index (χ1v) is 27.9. The first-order chi connectivity index (χ1) is 32.5. The Morgan fingerprint density at radius 1 is 0.522 bits per heavy atom. The standard InChI is InChI=1S/C31H57NO6P.C23H38O3.C2H6/c1-5-6-7-8-9-10-13-19-29(28-36-30-21-15-12-16-22-30)20-14-11-17-23-31(33)35-25-18-26-37-39(34)38-27-24-32(2,3)4;1-2-3-4-5-6-7-10-15-21(16-11-8-14-19-23(24)25)20-26-22-17-12-9-13-18-22;1-2/h12,15-16,21-22,29,34H,5-11,13-14,17-20,23-28H2,1-4H3;9,12-13,17-18,21H,2-8,10-11,14-16,19-20H2,1H3,(H,24,25);1-2H3/q+1;;. The van der Waals surface area contributed by atoms with Crippen LogP contribution >= 0.6 is 8.60 Å². The Morgan fingerprint density at radius 3 is 1.33 bits per heavy atom. The third-order valence-corrected chi connectivity index (χ3v) is 12.4. The van der Waals surface area contributed by atoms with Gasteiger partial charge in [0.25, 0.3) is 0 Å². The van der Waals surface area contributed by atoms with Gasteiger partial charge in [0.1, 0.15) is 24.7 Å². The van der Waals surface area contributed by atoms with Gasteiger partial charge in [0.2, 0.25) is 0 Å². The molecule has 0 saturated heterocycles. The van der Waals surface area contributed by atoms with Crippen LogP contribution in [-0.2, 0) is 23.4 Å². The monoisotopic (exact) mass is 963 g/mol. The normalized spacial score (nSPS) is 12.5. The van der Waals surface area contributed by atoms with E-state index < -0.39 is 14.6 Å². The van der Waals surface area contributed by atoms with Gasteiger partial charge in [-0.25, -0.2) is 0 Å². The first-order valence-electron chi connectivity index (χ1n) is 26.8. The number of hydrogen-bond acceptors (Lipinski definition) is 8. The minimum absolute atomic E-state index is 0.160. The van der Waals surface area contributed by atoms with Gasteiger partial charge in [0.05, 0.1) is 47.6 Å². The van der Waals surface area contributed by atoms with E-state index in [0.717, 1.165) is 87.1 Å². The van der Waals surface area contributed by atoms with Crippen molar-refractivity contribution in [3.8, 4) is 11.5 Å². The molecule has 10 nitrogen and oxygen atoms in total. The minimum Gasteiger partial charge on any atom is -0.493 e. The molecule has 2 aromatic rings. The average molecular weight is 963 g/mol. The van der Waals surface area contributed by atoms with Crippen LogP contribution in [0.15, 0.2) is 60.7 Å². The molecule has 2 N–H and O–H groups in total. The highest BCUT2D eigenvalue weighted by atomic mass is 31.2. The highest BCUT2D eigenvalue weighted by molar-refractivity contribution is 7.40. The molecule has 0 radical (unpaired) electrons. The molecule has 0 heterocycles. The fraction of sp³-hybridized carbons (Fsp3) is 0.750. The molecule has 0 fully saturated rings. The molecule has 2 aromatic carbocycles. The van der Waals surface area contributed by atoms with Crippen molar-refractivity contribution in [2.45, 2.75) is 201 Å². The zero-order valence-corrected chi connectivity index (χ0v) is 44.8. The minimum atomic E-state index is -1.87. The van der Waals surface area contributed by atoms with E-state index in [2.05, 4.69) is 35.0 Å². The first kappa shape index (κ1) is 64.2. The summed E-state index contributed by atoms with van der Waals surface area (Å²) in [5, 5.41) is 8.73. The van der Waals surface area contributed by atoms with Crippen molar-refractivity contribution < 1.29 is 47.3 Å². The van der Waals surface area contributed by atoms with Gasteiger partial charge in [-0.15, -0.1) is 0 Å². The number of esters is 1. The summed E-state index contributed by atoms with van der Waals surface area (Å²) in [5.41, 5.74) is 0. The third-order valence-electron chi connectivity index (χ3n) is 11.6. The van der Waals surface area contributed by atoms with Gasteiger partial charge in [-0.05, 0) is 74.6 Å². The van der Waals surface area contributed by atoms with Crippen LogP contribution in [-0.4, -0.2) is 87.1 Å². The number of carboxylic acids is 1. The second kappa shape index (κ2) is 47.0. The Hall–Kier alpha value is -2.75. The predicted octanol–water partition coefficient (Wildman–Crippen LogP) is 15.5. The summed E-state index contributed by atoms with van der Waals surface area (Å²) in [6.07, 6.45) is 30.5. The van der Waals surface area contributed by atoms with Crippen LogP contribution in [0.5, 0.6) is 11.5 Å². The number of benzene rings is 2. The fourth-order valence-corrected chi connectivity index (χ4v) is 8.12. The molecule has 0 amide bonds. The molecule has 3 atom stereocenters. The van der Waals surface area contributed by atoms with Crippen molar-refractivity contribution in [2.24, 2.45) is 11.8 Å². The van der Waals surface area contributed by atoms with E-state index in [9.17, 15) is 14.5 Å². The lowest BCUT2D eigenvalue weighted by atomic mass is 9.95. The Balaban J connectivity index is 0.00000135. The van der Waals surface area contributed by atoms with E-state index >= 15 is 0 Å². The van der Waals surface area contributed by atoms with Crippen LogP contribution in [0.2, 0.25) is 0 Å². The second-order valence-corrected chi connectivity index (χ2v) is 19.9. The largest absolute Gasteiger partial charge is 0.493 e. The lowest BCUT2D eigenvalue weighted by Gasteiger charge is -2.23. The SMILES string of the molecule is CC.CCCCCCCCCC(CCCCCC(=O)O)COc1ccccc1.CCCCCCCCCC(CCCCCC(=O)OCCCOP(O)OCC[N+](C)(C)C)COc1ccccc1. The molecule has 388 valence electrons. The number of ether oxygens (including phenoxy) is 3. The molecule has 67 heavy (non-hydrogen) atoms. The topological polar surface area (TPSA) is 121 Å². The molecule has 0 bridgehead atoms. The summed E-state index contributed by atoms with van der Waals surface area (Å²) in [6.45, 7) is 11.9. The van der Waals surface area contributed by atoms with Crippen LogP contribution in [0.25, 0.3) is 0 Å². The number of quaternary nitrogens is 1. The number of carboxylic acid groups (broad SMARTS) is 1. The van der Waals surface area contributed by atoms with Crippen LogP contribution in [0, 0.1) is 11.8 Å². The fourth-order valence-electron chi connectivity index (χ4n) is 7.52.